The Hall–Kier alpha value is -3.57. The van der Waals surface area contributed by atoms with Gasteiger partial charge >= 0.3 is 0 Å². The Morgan fingerprint density at radius 3 is 2.30 bits per heavy atom. The van der Waals surface area contributed by atoms with Crippen LogP contribution >= 0.6 is 11.8 Å². The lowest BCUT2D eigenvalue weighted by molar-refractivity contribution is -0.139. The molecule has 0 aromatic heterocycles. The Morgan fingerprint density at radius 1 is 1.00 bits per heavy atom. The average Bonchev–Trinajstić information content (AvgIpc) is 3.04. The number of para-hydroxylation sites is 2. The highest BCUT2D eigenvalue weighted by Gasteiger charge is 2.34. The molecule has 4 rings (SSSR count). The molecule has 1 N–H and O–H groups in total. The smallest absolute Gasteiger partial charge is 0.264 e. The number of halogens is 1. The van der Waals surface area contributed by atoms with Crippen molar-refractivity contribution in [2.75, 3.05) is 23.7 Å². The molecule has 2 amide bonds. The maximum absolute atomic E-state index is 14.2. The molecule has 0 radical (unpaired) electrons. The number of thioether (sulfide) groups is 1. The second kappa shape index (κ2) is 15.4. The van der Waals surface area contributed by atoms with E-state index in [1.54, 1.807) is 62.4 Å². The quantitative estimate of drug-likeness (QED) is 0.230. The van der Waals surface area contributed by atoms with Crippen molar-refractivity contribution in [1.82, 2.24) is 10.2 Å². The van der Waals surface area contributed by atoms with Crippen LogP contribution in [0.2, 0.25) is 0 Å². The first-order chi connectivity index (χ1) is 21.1. The highest BCUT2D eigenvalue weighted by Crippen LogP contribution is 2.33. The largest absolute Gasteiger partial charge is 0.492 e. The number of benzene rings is 3. The molecule has 1 aliphatic rings. The number of nitrogens with zero attached hydrogens (tertiary/aromatic N) is 2. The van der Waals surface area contributed by atoms with Crippen molar-refractivity contribution in [1.29, 1.82) is 0 Å². The molecule has 44 heavy (non-hydrogen) atoms. The molecular weight excluding hydrogens is 602 g/mol. The highest BCUT2D eigenvalue weighted by molar-refractivity contribution is 7.98. The molecule has 0 saturated heterocycles. The molecule has 3 aromatic rings. The van der Waals surface area contributed by atoms with Crippen molar-refractivity contribution in [3.8, 4) is 5.75 Å². The molecule has 1 aliphatic carbocycles. The zero-order valence-corrected chi connectivity index (χ0v) is 27.0. The van der Waals surface area contributed by atoms with E-state index in [1.807, 2.05) is 6.26 Å². The van der Waals surface area contributed by atoms with E-state index in [-0.39, 0.29) is 35.7 Å². The summed E-state index contributed by atoms with van der Waals surface area (Å²) in [6.45, 7) is 3.11. The molecule has 0 aliphatic heterocycles. The van der Waals surface area contributed by atoms with Gasteiger partial charge in [0.2, 0.25) is 11.8 Å². The lowest BCUT2D eigenvalue weighted by Crippen LogP contribution is -2.53. The lowest BCUT2D eigenvalue weighted by atomic mass is 9.95. The first-order valence-electron chi connectivity index (χ1n) is 14.9. The molecule has 11 heteroatoms. The Bertz CT molecular complexity index is 1510. The molecule has 1 saturated carbocycles. The number of anilines is 1. The summed E-state index contributed by atoms with van der Waals surface area (Å²) in [4.78, 5) is 29.9. The first kappa shape index (κ1) is 33.3. The maximum atomic E-state index is 14.2. The third-order valence-corrected chi connectivity index (χ3v) is 10.3. The van der Waals surface area contributed by atoms with E-state index in [1.165, 1.54) is 40.9 Å². The van der Waals surface area contributed by atoms with E-state index >= 15 is 0 Å². The third kappa shape index (κ3) is 8.32. The van der Waals surface area contributed by atoms with Crippen LogP contribution in [-0.4, -0.2) is 56.6 Å². The predicted molar refractivity (Wildman–Crippen MR) is 172 cm³/mol. The van der Waals surface area contributed by atoms with Gasteiger partial charge in [0.1, 0.15) is 24.2 Å². The molecule has 0 heterocycles. The Labute approximate surface area is 264 Å². The first-order valence-corrected chi connectivity index (χ1v) is 17.5. The van der Waals surface area contributed by atoms with Gasteiger partial charge in [-0.05, 0) is 87.0 Å². The molecular formula is C33H40FN3O5S2. The number of carbonyl (C=O) groups excluding carboxylic acids is 2. The minimum atomic E-state index is -4.25. The second-order valence-electron chi connectivity index (χ2n) is 10.8. The van der Waals surface area contributed by atoms with Crippen molar-refractivity contribution in [2.24, 2.45) is 0 Å². The fraction of sp³-hybridized carbons (Fsp3) is 0.394. The fourth-order valence-corrected chi connectivity index (χ4v) is 7.10. The number of hydrogen-bond donors (Lipinski definition) is 1. The van der Waals surface area contributed by atoms with Gasteiger partial charge in [-0.15, -0.1) is 11.8 Å². The summed E-state index contributed by atoms with van der Waals surface area (Å²) in [7, 11) is -4.25. The third-order valence-electron chi connectivity index (χ3n) is 7.75. The number of ether oxygens (including phenoxy) is 1. The zero-order valence-electron chi connectivity index (χ0n) is 25.4. The van der Waals surface area contributed by atoms with Crippen LogP contribution in [0.3, 0.4) is 0 Å². The van der Waals surface area contributed by atoms with Crippen molar-refractivity contribution < 1.29 is 27.1 Å². The molecule has 1 unspecified atom stereocenters. The van der Waals surface area contributed by atoms with Crippen LogP contribution in [0.4, 0.5) is 10.1 Å². The summed E-state index contributed by atoms with van der Waals surface area (Å²) in [6, 6.07) is 17.9. The van der Waals surface area contributed by atoms with Crippen LogP contribution in [0, 0.1) is 5.82 Å². The van der Waals surface area contributed by atoms with E-state index in [0.29, 0.717) is 11.3 Å². The Morgan fingerprint density at radius 2 is 1.66 bits per heavy atom. The summed E-state index contributed by atoms with van der Waals surface area (Å²) in [5, 5.41) is 3.08. The van der Waals surface area contributed by atoms with Crippen LogP contribution in [0.25, 0.3) is 0 Å². The standard InChI is InChI=1S/C33H40FN3O5S2/c1-4-42-31-13-9-8-12-30(31)37(44(40,41)29-20-18-28(43-3)19-21-29)23-32(38)36(22-25-14-16-26(34)17-15-25)24(2)33(39)35-27-10-6-5-7-11-27/h8-9,12-21,24,27H,4-7,10-11,22-23H2,1-3H3,(H,35,39). The Balaban J connectivity index is 1.71. The molecule has 1 fully saturated rings. The van der Waals surface area contributed by atoms with Crippen LogP contribution in [-0.2, 0) is 26.2 Å². The van der Waals surface area contributed by atoms with Gasteiger partial charge in [-0.1, -0.05) is 43.5 Å². The van der Waals surface area contributed by atoms with E-state index < -0.39 is 34.3 Å². The van der Waals surface area contributed by atoms with Gasteiger partial charge in [0, 0.05) is 17.5 Å². The van der Waals surface area contributed by atoms with E-state index in [4.69, 9.17) is 4.74 Å². The highest BCUT2D eigenvalue weighted by atomic mass is 32.2. The summed E-state index contributed by atoms with van der Waals surface area (Å²) in [5.74, 6) is -1.02. The summed E-state index contributed by atoms with van der Waals surface area (Å²) >= 11 is 1.49. The lowest BCUT2D eigenvalue weighted by Gasteiger charge is -2.33. The zero-order chi connectivity index (χ0) is 31.7. The van der Waals surface area contributed by atoms with Crippen molar-refractivity contribution in [2.45, 2.75) is 74.4 Å². The number of sulfonamides is 1. The van der Waals surface area contributed by atoms with E-state index in [0.717, 1.165) is 41.3 Å². The van der Waals surface area contributed by atoms with Crippen LogP contribution in [0.5, 0.6) is 5.75 Å². The normalized spacial score (nSPS) is 14.5. The van der Waals surface area contributed by atoms with Gasteiger partial charge in [0.15, 0.2) is 0 Å². The number of nitrogens with one attached hydrogen (secondary N) is 1. The van der Waals surface area contributed by atoms with Gasteiger partial charge in [-0.25, -0.2) is 12.8 Å². The van der Waals surface area contributed by atoms with E-state index in [9.17, 15) is 22.4 Å². The molecule has 8 nitrogen and oxygen atoms in total. The summed E-state index contributed by atoms with van der Waals surface area (Å²) in [5.41, 5.74) is 0.812. The predicted octanol–water partition coefficient (Wildman–Crippen LogP) is 6.01. The van der Waals surface area contributed by atoms with Gasteiger partial charge in [-0.2, -0.15) is 0 Å². The van der Waals surface area contributed by atoms with Crippen molar-refractivity contribution in [3.05, 3.63) is 84.2 Å². The SMILES string of the molecule is CCOc1ccccc1N(CC(=O)N(Cc1ccc(F)cc1)C(C)C(=O)NC1CCCCC1)S(=O)(=O)c1ccc(SC)cc1. The summed E-state index contributed by atoms with van der Waals surface area (Å²) < 4.78 is 48.9. The number of amides is 2. The molecule has 0 spiro atoms. The van der Waals surface area contributed by atoms with Gasteiger partial charge in [-0.3, -0.25) is 13.9 Å². The van der Waals surface area contributed by atoms with Crippen LogP contribution in [0.15, 0.2) is 82.6 Å². The van der Waals surface area contributed by atoms with Crippen molar-refractivity contribution >= 4 is 39.3 Å². The van der Waals surface area contributed by atoms with Gasteiger partial charge < -0.3 is 15.0 Å². The van der Waals surface area contributed by atoms with Crippen LogP contribution < -0.4 is 14.4 Å². The second-order valence-corrected chi connectivity index (χ2v) is 13.5. The minimum Gasteiger partial charge on any atom is -0.492 e. The molecule has 3 aromatic carbocycles. The van der Waals surface area contributed by atoms with Crippen LogP contribution in [0.1, 0.15) is 51.5 Å². The van der Waals surface area contributed by atoms with Gasteiger partial charge in [0.25, 0.3) is 10.0 Å². The minimum absolute atomic E-state index is 0.0121. The summed E-state index contributed by atoms with van der Waals surface area (Å²) in [6.07, 6.45) is 6.83. The number of carbonyl (C=O) groups is 2. The van der Waals surface area contributed by atoms with Gasteiger partial charge in [0.05, 0.1) is 17.2 Å². The maximum Gasteiger partial charge on any atom is 0.264 e. The fourth-order valence-electron chi connectivity index (χ4n) is 5.27. The number of rotatable bonds is 13. The number of hydrogen-bond acceptors (Lipinski definition) is 6. The Kier molecular flexibility index (Phi) is 11.7. The molecule has 0 bridgehead atoms. The topological polar surface area (TPSA) is 96.0 Å². The average molecular weight is 642 g/mol. The molecule has 236 valence electrons. The monoisotopic (exact) mass is 641 g/mol. The molecule has 1 atom stereocenters. The van der Waals surface area contributed by atoms with Crippen molar-refractivity contribution in [3.63, 3.8) is 0 Å². The van der Waals surface area contributed by atoms with E-state index in [2.05, 4.69) is 5.32 Å².